The lowest BCUT2D eigenvalue weighted by Gasteiger charge is -2.35. The van der Waals surface area contributed by atoms with E-state index in [-0.39, 0.29) is 77.6 Å². The standard InChI is InChI=1S/C11H24O2.2C4H10O.C3H8.5CH4.3H2O/c1-9(11(4,5)8-13)6-10(2,3)7-12;1-4(2)3-5;1-2-3-4-5;1-3-2;;;;;;;;/h9,12-13H,6-8H2,1-5H3;4-5H,3H2,1-2H3;5H,2-4H2,1H3;3H2,1-2H3;5*1H4;3*1H2. The molecule has 0 aromatic heterocycles. The largest absolute Gasteiger partial charge is 0.412 e. The molecule has 0 rings (SSSR count). The molecule has 1 atom stereocenters. The summed E-state index contributed by atoms with van der Waals surface area (Å²) in [6.07, 6.45) is 4.23. The van der Waals surface area contributed by atoms with Gasteiger partial charge in [-0.25, -0.2) is 0 Å². The second kappa shape index (κ2) is 49.8. The maximum atomic E-state index is 9.17. The molecule has 7 heteroatoms. The minimum absolute atomic E-state index is 0. The molecule has 0 spiro atoms. The van der Waals surface area contributed by atoms with Gasteiger partial charge < -0.3 is 36.9 Å². The summed E-state index contributed by atoms with van der Waals surface area (Å²) in [5.41, 5.74) is -0.0850. The smallest absolute Gasteiger partial charge is 0.0484 e. The summed E-state index contributed by atoms with van der Waals surface area (Å²) >= 11 is 0. The minimum atomic E-state index is -0.0492. The first-order valence-corrected chi connectivity index (χ1v) is 10.3. The summed E-state index contributed by atoms with van der Waals surface area (Å²) in [4.78, 5) is 0. The van der Waals surface area contributed by atoms with Gasteiger partial charge in [0.05, 0.1) is 0 Å². The van der Waals surface area contributed by atoms with Crippen LogP contribution in [0.3, 0.4) is 0 Å². The molecule has 0 aromatic carbocycles. The fourth-order valence-corrected chi connectivity index (χ4v) is 1.48. The zero-order valence-electron chi connectivity index (χ0n) is 21.1. The Morgan fingerprint density at radius 1 is 0.647 bits per heavy atom. The second-order valence-corrected chi connectivity index (χ2v) is 8.93. The molecule has 0 fully saturated rings. The Hall–Kier alpha value is -0.280. The SMILES string of the molecule is C.C.C.C.C.CC(C)CO.CC(CC(C)(C)CO)C(C)(C)CO.CCC.CCCCO.O.O.O. The van der Waals surface area contributed by atoms with Crippen LogP contribution in [-0.4, -0.2) is 63.3 Å². The van der Waals surface area contributed by atoms with Crippen molar-refractivity contribution in [3.63, 3.8) is 0 Å². The van der Waals surface area contributed by atoms with Crippen molar-refractivity contribution in [3.8, 4) is 0 Å². The fraction of sp³-hybridized carbons (Fsp3) is 1.00. The molecule has 0 heterocycles. The van der Waals surface area contributed by atoms with Gasteiger partial charge >= 0.3 is 0 Å². The zero-order chi connectivity index (χ0) is 21.8. The highest BCUT2D eigenvalue weighted by Gasteiger charge is 2.30. The van der Waals surface area contributed by atoms with Crippen LogP contribution in [0.15, 0.2) is 0 Å². The molecule has 0 aliphatic rings. The van der Waals surface area contributed by atoms with Crippen molar-refractivity contribution in [1.82, 2.24) is 0 Å². The van der Waals surface area contributed by atoms with Crippen LogP contribution in [0.5, 0.6) is 0 Å². The van der Waals surface area contributed by atoms with Crippen molar-refractivity contribution in [2.75, 3.05) is 26.4 Å². The topological polar surface area (TPSA) is 175 Å². The van der Waals surface area contributed by atoms with Gasteiger partial charge in [0, 0.05) is 26.4 Å². The number of hydrogen-bond donors (Lipinski definition) is 4. The van der Waals surface area contributed by atoms with Gasteiger partial charge in [-0.3, -0.25) is 0 Å². The van der Waals surface area contributed by atoms with E-state index in [1.165, 1.54) is 6.42 Å². The van der Waals surface area contributed by atoms with Crippen molar-refractivity contribution in [2.45, 2.75) is 132 Å². The van der Waals surface area contributed by atoms with E-state index in [0.29, 0.717) is 25.0 Å². The van der Waals surface area contributed by atoms with Crippen LogP contribution >= 0.6 is 0 Å². The summed E-state index contributed by atoms with van der Waals surface area (Å²) < 4.78 is 0. The van der Waals surface area contributed by atoms with Crippen molar-refractivity contribution in [1.29, 1.82) is 0 Å². The molecule has 7 nitrogen and oxygen atoms in total. The van der Waals surface area contributed by atoms with Crippen LogP contribution in [0.4, 0.5) is 0 Å². The highest BCUT2D eigenvalue weighted by Crippen LogP contribution is 2.35. The number of aliphatic hydroxyl groups excluding tert-OH is 4. The van der Waals surface area contributed by atoms with Gasteiger partial charge in [0.2, 0.25) is 0 Å². The maximum absolute atomic E-state index is 9.17. The number of hydrogen-bond acceptors (Lipinski definition) is 4. The van der Waals surface area contributed by atoms with Crippen LogP contribution in [0, 0.1) is 22.7 Å². The highest BCUT2D eigenvalue weighted by atomic mass is 16.3. The molecular weight excluding hydrogens is 436 g/mol. The van der Waals surface area contributed by atoms with Crippen LogP contribution in [0.25, 0.3) is 0 Å². The fourth-order valence-electron chi connectivity index (χ4n) is 1.48. The van der Waals surface area contributed by atoms with E-state index in [4.69, 9.17) is 15.3 Å². The van der Waals surface area contributed by atoms with Gasteiger partial charge in [-0.05, 0) is 35.5 Å². The lowest BCUT2D eigenvalue weighted by atomic mass is 9.72. The summed E-state index contributed by atoms with van der Waals surface area (Å²) in [6.45, 7) is 21.7. The molecule has 0 aliphatic carbocycles. The molecule has 0 aliphatic heterocycles. The Morgan fingerprint density at radius 2 is 0.941 bits per heavy atom. The first-order valence-electron chi connectivity index (χ1n) is 10.3. The normalized spacial score (nSPS) is 9.26. The van der Waals surface area contributed by atoms with E-state index >= 15 is 0 Å². The Kier molecular flexibility index (Phi) is 112. The number of unbranched alkanes of at least 4 members (excludes halogenated alkanes) is 1. The molecule has 10 N–H and O–H groups in total. The van der Waals surface area contributed by atoms with Gasteiger partial charge in [0.1, 0.15) is 0 Å². The highest BCUT2D eigenvalue weighted by molar-refractivity contribution is 4.80. The Morgan fingerprint density at radius 3 is 1.06 bits per heavy atom. The molecular formula is C27H78O7. The molecule has 0 aromatic rings. The van der Waals surface area contributed by atoms with Gasteiger partial charge in [0.25, 0.3) is 0 Å². The lowest BCUT2D eigenvalue weighted by Crippen LogP contribution is -2.31. The molecule has 0 saturated heterocycles. The van der Waals surface area contributed by atoms with E-state index in [1.54, 1.807) is 0 Å². The summed E-state index contributed by atoms with van der Waals surface area (Å²) in [5, 5.41) is 34.5. The Bertz CT molecular complexity index is 257. The van der Waals surface area contributed by atoms with Crippen molar-refractivity contribution in [2.24, 2.45) is 22.7 Å². The molecule has 0 radical (unpaired) electrons. The monoisotopic (exact) mass is 515 g/mol. The van der Waals surface area contributed by atoms with Gasteiger partial charge in [-0.1, -0.05) is 119 Å². The van der Waals surface area contributed by atoms with E-state index < -0.39 is 0 Å². The lowest BCUT2D eigenvalue weighted by molar-refractivity contribution is 0.0556. The summed E-state index contributed by atoms with van der Waals surface area (Å²) in [5.74, 6) is 0.856. The van der Waals surface area contributed by atoms with Crippen molar-refractivity contribution in [3.05, 3.63) is 0 Å². The minimum Gasteiger partial charge on any atom is -0.412 e. The number of aliphatic hydroxyl groups is 4. The summed E-state index contributed by atoms with van der Waals surface area (Å²) in [7, 11) is 0. The van der Waals surface area contributed by atoms with Gasteiger partial charge in [-0.15, -0.1) is 0 Å². The number of rotatable bonds is 8. The van der Waals surface area contributed by atoms with Crippen LogP contribution in [0.1, 0.15) is 132 Å². The second-order valence-electron chi connectivity index (χ2n) is 8.93. The predicted molar refractivity (Wildman–Crippen MR) is 160 cm³/mol. The van der Waals surface area contributed by atoms with E-state index in [1.807, 2.05) is 13.8 Å². The van der Waals surface area contributed by atoms with E-state index in [0.717, 1.165) is 19.3 Å². The molecule has 0 amide bonds. The first kappa shape index (κ1) is 76.5. The zero-order valence-corrected chi connectivity index (χ0v) is 21.1. The van der Waals surface area contributed by atoms with E-state index in [9.17, 15) is 5.11 Å². The van der Waals surface area contributed by atoms with Crippen LogP contribution in [-0.2, 0) is 0 Å². The van der Waals surface area contributed by atoms with E-state index in [2.05, 4.69) is 55.4 Å². The summed E-state index contributed by atoms with van der Waals surface area (Å²) in [6, 6.07) is 0. The first-order chi connectivity index (χ1) is 11.8. The van der Waals surface area contributed by atoms with Crippen LogP contribution < -0.4 is 0 Å². The molecule has 1 unspecified atom stereocenters. The van der Waals surface area contributed by atoms with Crippen LogP contribution in [0.2, 0.25) is 0 Å². The average Bonchev–Trinajstić information content (AvgIpc) is 2.57. The average molecular weight is 515 g/mol. The van der Waals surface area contributed by atoms with Crippen molar-refractivity contribution >= 4 is 0 Å². The third-order valence-electron chi connectivity index (χ3n) is 3.91. The third-order valence-corrected chi connectivity index (χ3v) is 3.91. The Labute approximate surface area is 218 Å². The van der Waals surface area contributed by atoms with Gasteiger partial charge in [0.15, 0.2) is 0 Å². The van der Waals surface area contributed by atoms with Crippen molar-refractivity contribution < 1.29 is 36.9 Å². The predicted octanol–water partition coefficient (Wildman–Crippen LogP) is 5.59. The molecule has 0 saturated carbocycles. The molecule has 34 heavy (non-hydrogen) atoms. The quantitative estimate of drug-likeness (QED) is 0.330. The van der Waals surface area contributed by atoms with Gasteiger partial charge in [-0.2, -0.15) is 0 Å². The molecule has 0 bridgehead atoms. The third kappa shape index (κ3) is 69.7. The maximum Gasteiger partial charge on any atom is 0.0484 e. The molecule has 228 valence electrons. The Balaban J connectivity index is -0.0000000201.